The summed E-state index contributed by atoms with van der Waals surface area (Å²) in [5, 5.41) is 6.98. The lowest BCUT2D eigenvalue weighted by Crippen LogP contribution is -2.70. The number of thioether (sulfide) groups is 1. The summed E-state index contributed by atoms with van der Waals surface area (Å²) in [6.07, 6.45) is 3.82. The molecule has 2 aliphatic heterocycles. The summed E-state index contributed by atoms with van der Waals surface area (Å²) in [5.74, 6) is 2.84. The van der Waals surface area contributed by atoms with Crippen LogP contribution in [0.4, 0.5) is 5.69 Å². The number of para-hydroxylation sites is 1. The highest BCUT2D eigenvalue weighted by atomic mass is 32.2. The Labute approximate surface area is 164 Å². The van der Waals surface area contributed by atoms with Gasteiger partial charge in [0.25, 0.3) is 5.91 Å². The first-order valence-corrected chi connectivity index (χ1v) is 11.2. The van der Waals surface area contributed by atoms with Crippen LogP contribution >= 0.6 is 11.8 Å². The number of carbonyl (C=O) groups excluding carboxylic acids is 2. The van der Waals surface area contributed by atoms with E-state index in [-0.39, 0.29) is 17.2 Å². The van der Waals surface area contributed by atoms with Crippen LogP contribution < -0.4 is 10.6 Å². The number of anilines is 1. The van der Waals surface area contributed by atoms with E-state index >= 15 is 0 Å². The van der Waals surface area contributed by atoms with E-state index in [9.17, 15) is 9.59 Å². The van der Waals surface area contributed by atoms with Crippen molar-refractivity contribution in [2.75, 3.05) is 29.9 Å². The number of hydrogen-bond acceptors (Lipinski definition) is 4. The average molecular weight is 386 g/mol. The Morgan fingerprint density at radius 2 is 2.00 bits per heavy atom. The van der Waals surface area contributed by atoms with E-state index in [1.54, 1.807) is 0 Å². The molecule has 2 bridgehead atoms. The van der Waals surface area contributed by atoms with Crippen molar-refractivity contribution in [2.24, 2.45) is 17.3 Å². The second kappa shape index (κ2) is 6.16. The summed E-state index contributed by atoms with van der Waals surface area (Å²) in [6, 6.07) is 7.74. The number of nitrogens with one attached hydrogen (secondary N) is 2. The Bertz CT molecular complexity index is 793. The number of amides is 2. The van der Waals surface area contributed by atoms with Gasteiger partial charge >= 0.3 is 0 Å². The normalized spacial score (nSPS) is 37.5. The summed E-state index contributed by atoms with van der Waals surface area (Å²) >= 11 is 1.94. The molecule has 4 atom stereocenters. The summed E-state index contributed by atoms with van der Waals surface area (Å²) in [5.41, 5.74) is 1.16. The molecule has 27 heavy (non-hydrogen) atoms. The summed E-state index contributed by atoms with van der Waals surface area (Å²) in [6.45, 7) is 4.03. The van der Waals surface area contributed by atoms with Gasteiger partial charge in [0.15, 0.2) is 0 Å². The van der Waals surface area contributed by atoms with E-state index in [2.05, 4.69) is 22.5 Å². The fourth-order valence-corrected chi connectivity index (χ4v) is 6.74. The van der Waals surface area contributed by atoms with Gasteiger partial charge in [-0.05, 0) is 43.2 Å². The molecule has 144 valence electrons. The predicted octanol–water partition coefficient (Wildman–Crippen LogP) is 2.94. The standard InChI is InChI=1S/C21H27N3O2S/c1-20-7-6-14(12-16(20)19(26)24-8-10-27-11-9-24)21(13-20)22-17-5-3-2-4-15(17)18(25)23-21/h2-5,14,16,22H,6-13H2,1H3,(H,23,25). The first-order chi connectivity index (χ1) is 13.0. The van der Waals surface area contributed by atoms with Gasteiger partial charge in [-0.25, -0.2) is 0 Å². The molecular formula is C21H27N3O2S. The van der Waals surface area contributed by atoms with Gasteiger partial charge in [0.2, 0.25) is 5.91 Å². The van der Waals surface area contributed by atoms with Crippen LogP contribution in [-0.2, 0) is 4.79 Å². The minimum Gasteiger partial charge on any atom is -0.362 e. The van der Waals surface area contributed by atoms with Gasteiger partial charge in [0.05, 0.1) is 5.56 Å². The Hall–Kier alpha value is -1.69. The fraction of sp³-hybridized carbons (Fsp3) is 0.619. The maximum absolute atomic E-state index is 13.3. The molecular weight excluding hydrogens is 358 g/mol. The molecule has 2 N–H and O–H groups in total. The SMILES string of the molecule is CC12CCC(CC1C(=O)N1CCSCC1)C1(C2)NC(=O)c2ccccc2N1. The number of fused-ring (bicyclic) bond motifs is 3. The Balaban J connectivity index is 1.43. The van der Waals surface area contributed by atoms with Gasteiger partial charge in [0.1, 0.15) is 5.66 Å². The van der Waals surface area contributed by atoms with Crippen LogP contribution in [0.15, 0.2) is 24.3 Å². The predicted molar refractivity (Wildman–Crippen MR) is 108 cm³/mol. The van der Waals surface area contributed by atoms with Crippen molar-refractivity contribution in [1.29, 1.82) is 0 Å². The molecule has 1 aromatic carbocycles. The van der Waals surface area contributed by atoms with E-state index in [0.29, 0.717) is 17.4 Å². The molecule has 1 aromatic rings. The second-order valence-corrected chi connectivity index (χ2v) is 10.1. The molecule has 2 heterocycles. The minimum absolute atomic E-state index is 0.0106. The molecule has 1 saturated heterocycles. The lowest BCUT2D eigenvalue weighted by molar-refractivity contribution is -0.150. The van der Waals surface area contributed by atoms with Gasteiger partial charge in [-0.2, -0.15) is 11.8 Å². The van der Waals surface area contributed by atoms with Crippen molar-refractivity contribution in [3.63, 3.8) is 0 Å². The number of rotatable bonds is 1. The highest BCUT2D eigenvalue weighted by molar-refractivity contribution is 7.99. The molecule has 6 heteroatoms. The first kappa shape index (κ1) is 17.4. The van der Waals surface area contributed by atoms with Crippen LogP contribution in [0.5, 0.6) is 0 Å². The maximum atomic E-state index is 13.3. The first-order valence-electron chi connectivity index (χ1n) is 10.1. The molecule has 4 fully saturated rings. The highest BCUT2D eigenvalue weighted by Gasteiger charge is 2.60. The molecule has 0 aromatic heterocycles. The third-order valence-corrected chi connectivity index (χ3v) is 8.23. The lowest BCUT2D eigenvalue weighted by Gasteiger charge is -2.61. The summed E-state index contributed by atoms with van der Waals surface area (Å²) in [7, 11) is 0. The van der Waals surface area contributed by atoms with Gasteiger partial charge in [-0.3, -0.25) is 9.59 Å². The quantitative estimate of drug-likeness (QED) is 0.780. The number of benzene rings is 1. The van der Waals surface area contributed by atoms with E-state index in [4.69, 9.17) is 0 Å². The van der Waals surface area contributed by atoms with Crippen LogP contribution in [0.1, 0.15) is 43.0 Å². The third-order valence-electron chi connectivity index (χ3n) is 7.29. The van der Waals surface area contributed by atoms with Crippen LogP contribution in [0.25, 0.3) is 0 Å². The molecule has 2 amide bonds. The molecule has 5 nitrogen and oxygen atoms in total. The highest BCUT2D eigenvalue weighted by Crippen LogP contribution is 2.58. The van der Waals surface area contributed by atoms with E-state index in [1.165, 1.54) is 0 Å². The van der Waals surface area contributed by atoms with E-state index < -0.39 is 5.66 Å². The minimum atomic E-state index is -0.410. The molecule has 3 saturated carbocycles. The van der Waals surface area contributed by atoms with Gasteiger partial charge in [-0.1, -0.05) is 19.1 Å². The summed E-state index contributed by atoms with van der Waals surface area (Å²) < 4.78 is 0. The van der Waals surface area contributed by atoms with Crippen molar-refractivity contribution >= 4 is 29.3 Å². The largest absolute Gasteiger partial charge is 0.362 e. The van der Waals surface area contributed by atoms with Crippen LogP contribution in [0.2, 0.25) is 0 Å². The Kier molecular flexibility index (Phi) is 3.97. The smallest absolute Gasteiger partial charge is 0.255 e. The van der Waals surface area contributed by atoms with Crippen molar-refractivity contribution < 1.29 is 9.59 Å². The molecule has 0 radical (unpaired) electrons. The monoisotopic (exact) mass is 385 g/mol. The molecule has 6 rings (SSSR count). The molecule has 4 unspecified atom stereocenters. The van der Waals surface area contributed by atoms with Gasteiger partial charge in [-0.15, -0.1) is 0 Å². The number of nitrogens with zero attached hydrogens (tertiary/aromatic N) is 1. The zero-order chi connectivity index (χ0) is 18.6. The van der Waals surface area contributed by atoms with Crippen molar-refractivity contribution in [3.8, 4) is 0 Å². The van der Waals surface area contributed by atoms with Crippen molar-refractivity contribution in [2.45, 2.75) is 38.3 Å². The van der Waals surface area contributed by atoms with E-state index in [0.717, 1.165) is 56.0 Å². The van der Waals surface area contributed by atoms with Crippen LogP contribution in [0.3, 0.4) is 0 Å². The Morgan fingerprint density at radius 3 is 2.78 bits per heavy atom. The molecule has 3 aliphatic carbocycles. The van der Waals surface area contributed by atoms with Crippen LogP contribution in [-0.4, -0.2) is 47.0 Å². The molecule has 1 spiro atoms. The average Bonchev–Trinajstić information content (AvgIpc) is 2.68. The zero-order valence-electron chi connectivity index (χ0n) is 15.8. The second-order valence-electron chi connectivity index (χ2n) is 8.89. The number of hydrogen-bond donors (Lipinski definition) is 2. The molecule has 5 aliphatic rings. The summed E-state index contributed by atoms with van der Waals surface area (Å²) in [4.78, 5) is 28.2. The zero-order valence-corrected chi connectivity index (χ0v) is 16.6. The van der Waals surface area contributed by atoms with Crippen LogP contribution in [0, 0.1) is 17.3 Å². The van der Waals surface area contributed by atoms with Crippen molar-refractivity contribution in [3.05, 3.63) is 29.8 Å². The van der Waals surface area contributed by atoms with Gasteiger partial charge in [0, 0.05) is 42.1 Å². The van der Waals surface area contributed by atoms with Gasteiger partial charge < -0.3 is 15.5 Å². The van der Waals surface area contributed by atoms with Crippen molar-refractivity contribution in [1.82, 2.24) is 10.2 Å². The maximum Gasteiger partial charge on any atom is 0.255 e. The fourth-order valence-electron chi connectivity index (χ4n) is 5.83. The Morgan fingerprint density at radius 1 is 1.22 bits per heavy atom. The van der Waals surface area contributed by atoms with E-state index in [1.807, 2.05) is 36.0 Å². The topological polar surface area (TPSA) is 61.4 Å². The third kappa shape index (κ3) is 2.67. The lowest BCUT2D eigenvalue weighted by atomic mass is 9.51. The number of carbonyl (C=O) groups is 2.